The number of methoxy groups -OCH3 is 2. The lowest BCUT2D eigenvalue weighted by molar-refractivity contribution is -0.140. The molecule has 1 amide bonds. The highest BCUT2D eigenvalue weighted by atomic mass is 16.7. The Bertz CT molecular complexity index is 378. The van der Waals surface area contributed by atoms with Crippen LogP contribution >= 0.6 is 0 Å². The number of aliphatic hydroxyl groups is 1. The summed E-state index contributed by atoms with van der Waals surface area (Å²) < 4.78 is 9.90. The van der Waals surface area contributed by atoms with Crippen LogP contribution in [0.3, 0.4) is 0 Å². The number of aliphatic hydroxyl groups excluding tert-OH is 1. The minimum atomic E-state index is -0.742. The maximum absolute atomic E-state index is 11.7. The number of carbonyl (C=O) groups excluding carboxylic acids is 1. The van der Waals surface area contributed by atoms with Crippen LogP contribution in [0.2, 0.25) is 0 Å². The quantitative estimate of drug-likeness (QED) is 0.729. The summed E-state index contributed by atoms with van der Waals surface area (Å²) in [5.41, 5.74) is 0.769. The van der Waals surface area contributed by atoms with E-state index in [9.17, 15) is 9.90 Å². The summed E-state index contributed by atoms with van der Waals surface area (Å²) in [6.07, 6.45) is -1.21. The van der Waals surface area contributed by atoms with Gasteiger partial charge in [0, 0.05) is 14.2 Å². The predicted molar refractivity (Wildman–Crippen MR) is 71.4 cm³/mol. The molecular formula is C14H21NO4. The zero-order valence-electron chi connectivity index (χ0n) is 11.5. The molecule has 0 saturated heterocycles. The molecule has 0 aliphatic rings. The second kappa shape index (κ2) is 7.89. The van der Waals surface area contributed by atoms with Crippen molar-refractivity contribution in [1.82, 2.24) is 5.32 Å². The van der Waals surface area contributed by atoms with Crippen molar-refractivity contribution < 1.29 is 19.4 Å². The largest absolute Gasteiger partial charge is 0.386 e. The van der Waals surface area contributed by atoms with E-state index in [2.05, 4.69) is 5.32 Å². The molecule has 0 heterocycles. The highest BCUT2D eigenvalue weighted by molar-refractivity contribution is 5.76. The maximum atomic E-state index is 11.7. The highest BCUT2D eigenvalue weighted by Crippen LogP contribution is 2.16. The number of benzene rings is 1. The van der Waals surface area contributed by atoms with E-state index in [1.54, 1.807) is 6.92 Å². The third-order valence-electron chi connectivity index (χ3n) is 2.88. The third kappa shape index (κ3) is 4.98. The predicted octanol–water partition coefficient (Wildman–Crippen LogP) is 1.23. The molecule has 1 aromatic rings. The Labute approximate surface area is 113 Å². The van der Waals surface area contributed by atoms with Crippen molar-refractivity contribution in [3.8, 4) is 0 Å². The lowest BCUT2D eigenvalue weighted by Gasteiger charge is -2.21. The molecular weight excluding hydrogens is 246 g/mol. The van der Waals surface area contributed by atoms with E-state index in [-0.39, 0.29) is 18.4 Å². The molecule has 0 radical (unpaired) electrons. The molecule has 0 aromatic heterocycles. The topological polar surface area (TPSA) is 67.8 Å². The molecule has 0 fully saturated rings. The van der Waals surface area contributed by atoms with Gasteiger partial charge in [0.2, 0.25) is 5.91 Å². The zero-order valence-corrected chi connectivity index (χ0v) is 11.5. The van der Waals surface area contributed by atoms with Gasteiger partial charge in [0.25, 0.3) is 0 Å². The van der Waals surface area contributed by atoms with Crippen molar-refractivity contribution in [1.29, 1.82) is 0 Å². The second-order valence-corrected chi connectivity index (χ2v) is 4.32. The van der Waals surface area contributed by atoms with Crippen LogP contribution in [-0.4, -0.2) is 37.6 Å². The molecule has 19 heavy (non-hydrogen) atoms. The van der Waals surface area contributed by atoms with Gasteiger partial charge in [-0.2, -0.15) is 0 Å². The zero-order chi connectivity index (χ0) is 14.3. The Morgan fingerprint density at radius 3 is 2.37 bits per heavy atom. The van der Waals surface area contributed by atoms with Gasteiger partial charge in [-0.25, -0.2) is 0 Å². The molecule has 0 aliphatic heterocycles. The van der Waals surface area contributed by atoms with Gasteiger partial charge >= 0.3 is 0 Å². The number of amides is 1. The first kappa shape index (κ1) is 15.6. The summed E-state index contributed by atoms with van der Waals surface area (Å²) >= 11 is 0. The maximum Gasteiger partial charge on any atom is 0.225 e. The van der Waals surface area contributed by atoms with Crippen molar-refractivity contribution in [3.05, 3.63) is 35.9 Å². The first-order chi connectivity index (χ1) is 9.08. The molecule has 1 aromatic carbocycles. The van der Waals surface area contributed by atoms with Crippen molar-refractivity contribution in [2.45, 2.75) is 31.8 Å². The lowest BCUT2D eigenvalue weighted by atomic mass is 10.0. The van der Waals surface area contributed by atoms with E-state index in [1.165, 1.54) is 14.2 Å². The van der Waals surface area contributed by atoms with Gasteiger partial charge in [-0.15, -0.1) is 0 Å². The van der Waals surface area contributed by atoms with Gasteiger partial charge in [0.15, 0.2) is 6.29 Å². The first-order valence-electron chi connectivity index (χ1n) is 6.16. The van der Waals surface area contributed by atoms with Crippen molar-refractivity contribution in [3.63, 3.8) is 0 Å². The molecule has 2 N–H and O–H groups in total. The first-order valence-corrected chi connectivity index (χ1v) is 6.16. The summed E-state index contributed by atoms with van der Waals surface area (Å²) in [5.74, 6) is -0.226. The number of nitrogens with one attached hydrogen (secondary N) is 1. The van der Waals surface area contributed by atoms with Crippen LogP contribution in [0.25, 0.3) is 0 Å². The summed E-state index contributed by atoms with van der Waals surface area (Å²) in [7, 11) is 2.95. The molecule has 0 spiro atoms. The van der Waals surface area contributed by atoms with Crippen LogP contribution in [0.4, 0.5) is 0 Å². The molecule has 2 atom stereocenters. The van der Waals surface area contributed by atoms with E-state index in [0.29, 0.717) is 0 Å². The Balaban J connectivity index is 2.50. The van der Waals surface area contributed by atoms with E-state index < -0.39 is 12.4 Å². The van der Waals surface area contributed by atoms with E-state index in [1.807, 2.05) is 30.3 Å². The van der Waals surface area contributed by atoms with Crippen LogP contribution in [0.5, 0.6) is 0 Å². The molecule has 0 unspecified atom stereocenters. The number of rotatable bonds is 7. The van der Waals surface area contributed by atoms with Crippen molar-refractivity contribution in [2.24, 2.45) is 0 Å². The van der Waals surface area contributed by atoms with Crippen LogP contribution in [0.1, 0.15) is 25.0 Å². The number of ether oxygens (including phenoxy) is 2. The van der Waals surface area contributed by atoms with E-state index >= 15 is 0 Å². The van der Waals surface area contributed by atoms with E-state index in [4.69, 9.17) is 9.47 Å². The van der Waals surface area contributed by atoms with Crippen molar-refractivity contribution >= 4 is 5.91 Å². The van der Waals surface area contributed by atoms with Gasteiger partial charge in [0.1, 0.15) is 0 Å². The third-order valence-corrected chi connectivity index (χ3v) is 2.88. The molecule has 106 valence electrons. The fourth-order valence-electron chi connectivity index (χ4n) is 1.74. The SMILES string of the molecule is COC(CC(=O)N[C@@H](C)[C@H](O)c1ccccc1)OC. The van der Waals surface area contributed by atoms with Crippen LogP contribution in [-0.2, 0) is 14.3 Å². The number of hydrogen-bond acceptors (Lipinski definition) is 4. The molecule has 0 saturated carbocycles. The Morgan fingerprint density at radius 2 is 1.84 bits per heavy atom. The van der Waals surface area contributed by atoms with Crippen molar-refractivity contribution in [2.75, 3.05) is 14.2 Å². The number of hydrogen-bond donors (Lipinski definition) is 2. The summed E-state index contributed by atoms with van der Waals surface area (Å²) in [5, 5.41) is 12.8. The van der Waals surface area contributed by atoms with Gasteiger partial charge in [-0.1, -0.05) is 30.3 Å². The van der Waals surface area contributed by atoms with E-state index in [0.717, 1.165) is 5.56 Å². The Morgan fingerprint density at radius 1 is 1.26 bits per heavy atom. The molecule has 5 nitrogen and oxygen atoms in total. The monoisotopic (exact) mass is 267 g/mol. The smallest absolute Gasteiger partial charge is 0.225 e. The van der Waals surface area contributed by atoms with Gasteiger partial charge in [0.05, 0.1) is 18.6 Å². The lowest BCUT2D eigenvalue weighted by Crippen LogP contribution is -2.39. The fourth-order valence-corrected chi connectivity index (χ4v) is 1.74. The molecule has 5 heteroatoms. The molecule has 0 aliphatic carbocycles. The van der Waals surface area contributed by atoms with Gasteiger partial charge < -0.3 is 19.9 Å². The molecule has 0 bridgehead atoms. The second-order valence-electron chi connectivity index (χ2n) is 4.32. The average Bonchev–Trinajstić information content (AvgIpc) is 2.44. The molecule has 1 rings (SSSR count). The van der Waals surface area contributed by atoms with Crippen LogP contribution < -0.4 is 5.32 Å². The normalized spacial score (nSPS) is 14.2. The van der Waals surface area contributed by atoms with Crippen LogP contribution in [0.15, 0.2) is 30.3 Å². The Hall–Kier alpha value is -1.43. The van der Waals surface area contributed by atoms with Gasteiger partial charge in [-0.05, 0) is 12.5 Å². The minimum absolute atomic E-state index is 0.0961. The van der Waals surface area contributed by atoms with Crippen LogP contribution in [0, 0.1) is 0 Å². The summed E-state index contributed by atoms with van der Waals surface area (Å²) in [6, 6.07) is 8.82. The number of carbonyl (C=O) groups is 1. The Kier molecular flexibility index (Phi) is 6.49. The average molecular weight is 267 g/mol. The fraction of sp³-hybridized carbons (Fsp3) is 0.500. The summed E-state index contributed by atoms with van der Waals surface area (Å²) in [6.45, 7) is 1.75. The highest BCUT2D eigenvalue weighted by Gasteiger charge is 2.20. The minimum Gasteiger partial charge on any atom is -0.386 e. The summed E-state index contributed by atoms with van der Waals surface area (Å²) in [4.78, 5) is 11.7. The standard InChI is InChI=1S/C14H21NO4/c1-10(14(17)11-7-5-4-6-8-11)15-12(16)9-13(18-2)19-3/h4-8,10,13-14,17H,9H2,1-3H3,(H,15,16)/t10-,14-/m0/s1. The van der Waals surface area contributed by atoms with Gasteiger partial charge in [-0.3, -0.25) is 4.79 Å².